The summed E-state index contributed by atoms with van der Waals surface area (Å²) in [5.41, 5.74) is 10.5. The van der Waals surface area contributed by atoms with Gasteiger partial charge in [0.1, 0.15) is 28.9 Å². The molecule has 0 unspecified atom stereocenters. The van der Waals surface area contributed by atoms with Gasteiger partial charge in [-0.3, -0.25) is 0 Å². The van der Waals surface area contributed by atoms with E-state index in [9.17, 15) is 0 Å². The summed E-state index contributed by atoms with van der Waals surface area (Å²) in [4.78, 5) is 0. The Kier molecular flexibility index (Phi) is 4.58. The summed E-state index contributed by atoms with van der Waals surface area (Å²) in [6.07, 6.45) is 0.586. The minimum absolute atomic E-state index is 0.0850. The van der Waals surface area contributed by atoms with E-state index >= 15 is 0 Å². The van der Waals surface area contributed by atoms with Crippen LogP contribution < -0.4 is 24.7 Å². The fraction of sp³-hybridized carbons (Fsp3) is 0.250. The normalized spacial score (nSPS) is 14.9. The molecule has 164 valence electrons. The third-order valence-corrected chi connectivity index (χ3v) is 5.81. The Hall–Kier alpha value is -3.94. The number of hydrogen-bond acceptors (Lipinski definition) is 8. The second-order valence-electron chi connectivity index (χ2n) is 7.72. The summed E-state index contributed by atoms with van der Waals surface area (Å²) in [5, 5.41) is 10.1. The topological polar surface area (TPSA) is 102 Å². The van der Waals surface area contributed by atoms with Crippen LogP contribution in [0.4, 0.5) is 5.82 Å². The number of furan rings is 1. The van der Waals surface area contributed by atoms with Crippen molar-refractivity contribution in [3.8, 4) is 34.3 Å². The molecule has 4 aromatic rings. The highest BCUT2D eigenvalue weighted by Gasteiger charge is 2.30. The number of hydrogen-bond donors (Lipinski definition) is 1. The predicted octanol–water partition coefficient (Wildman–Crippen LogP) is 4.53. The van der Waals surface area contributed by atoms with E-state index in [1.165, 1.54) is 0 Å². The standard InChI is InChI=1S/C24H23N3O5/c1-11(2)16-9-14-15(31-16)7-6-12(22(14)30-5)21-20-13-8-18(28-3)19(29-4)10-17(13)32-23(20)24(25)27-26-21/h6-8,10,16H,1,9H2,2-5H3,(H2,25,27)/t16-/m1/s1. The number of nitrogen functional groups attached to an aromatic ring is 1. The van der Waals surface area contributed by atoms with Crippen LogP contribution in [-0.4, -0.2) is 37.6 Å². The Labute approximate surface area is 184 Å². The van der Waals surface area contributed by atoms with E-state index in [1.807, 2.05) is 25.1 Å². The van der Waals surface area contributed by atoms with E-state index < -0.39 is 0 Å². The maximum atomic E-state index is 6.13. The van der Waals surface area contributed by atoms with Gasteiger partial charge in [-0.2, -0.15) is 0 Å². The lowest BCUT2D eigenvalue weighted by atomic mass is 9.98. The lowest BCUT2D eigenvalue weighted by Gasteiger charge is -2.12. The number of ether oxygens (including phenoxy) is 4. The van der Waals surface area contributed by atoms with Crippen LogP contribution in [0.25, 0.3) is 33.2 Å². The van der Waals surface area contributed by atoms with Gasteiger partial charge < -0.3 is 29.1 Å². The van der Waals surface area contributed by atoms with Crippen molar-refractivity contribution in [2.45, 2.75) is 19.4 Å². The number of rotatable bonds is 5. The van der Waals surface area contributed by atoms with Crippen LogP contribution in [0.15, 0.2) is 40.8 Å². The first kappa shape index (κ1) is 20.0. The van der Waals surface area contributed by atoms with Gasteiger partial charge in [0.05, 0.1) is 26.7 Å². The van der Waals surface area contributed by atoms with Crippen LogP contribution in [0.2, 0.25) is 0 Å². The van der Waals surface area contributed by atoms with Crippen molar-refractivity contribution in [1.29, 1.82) is 0 Å². The smallest absolute Gasteiger partial charge is 0.189 e. The number of anilines is 1. The van der Waals surface area contributed by atoms with Gasteiger partial charge in [-0.05, 0) is 30.7 Å². The molecule has 0 radical (unpaired) electrons. The van der Waals surface area contributed by atoms with Gasteiger partial charge >= 0.3 is 0 Å². The number of methoxy groups -OCH3 is 3. The molecule has 0 spiro atoms. The van der Waals surface area contributed by atoms with Crippen molar-refractivity contribution in [2.75, 3.05) is 27.1 Å². The minimum atomic E-state index is -0.0850. The van der Waals surface area contributed by atoms with Crippen LogP contribution in [0.3, 0.4) is 0 Å². The molecular weight excluding hydrogens is 410 g/mol. The molecule has 32 heavy (non-hydrogen) atoms. The van der Waals surface area contributed by atoms with Crippen LogP contribution in [-0.2, 0) is 6.42 Å². The van der Waals surface area contributed by atoms with Crippen molar-refractivity contribution in [2.24, 2.45) is 0 Å². The summed E-state index contributed by atoms with van der Waals surface area (Å²) in [7, 11) is 4.80. The second kappa shape index (κ2) is 7.33. The molecule has 0 saturated carbocycles. The maximum absolute atomic E-state index is 6.13. The Bertz CT molecular complexity index is 1390. The second-order valence-corrected chi connectivity index (χ2v) is 7.72. The predicted molar refractivity (Wildman–Crippen MR) is 122 cm³/mol. The number of fused-ring (bicyclic) bond motifs is 4. The highest BCUT2D eigenvalue weighted by Crippen LogP contribution is 2.47. The molecule has 0 aliphatic carbocycles. The summed E-state index contributed by atoms with van der Waals surface area (Å²) in [6, 6.07) is 7.46. The molecule has 0 bridgehead atoms. The van der Waals surface area contributed by atoms with E-state index in [1.54, 1.807) is 27.4 Å². The molecule has 2 N–H and O–H groups in total. The van der Waals surface area contributed by atoms with Crippen molar-refractivity contribution in [3.63, 3.8) is 0 Å². The lowest BCUT2D eigenvalue weighted by Crippen LogP contribution is -2.13. The van der Waals surface area contributed by atoms with Gasteiger partial charge in [-0.25, -0.2) is 0 Å². The van der Waals surface area contributed by atoms with Gasteiger partial charge in [0.2, 0.25) is 0 Å². The fourth-order valence-electron chi connectivity index (χ4n) is 4.21. The van der Waals surface area contributed by atoms with E-state index in [0.717, 1.165) is 33.2 Å². The monoisotopic (exact) mass is 433 g/mol. The van der Waals surface area contributed by atoms with E-state index in [-0.39, 0.29) is 11.9 Å². The van der Waals surface area contributed by atoms with E-state index in [4.69, 9.17) is 29.1 Å². The first-order valence-electron chi connectivity index (χ1n) is 10.1. The molecule has 1 aliphatic rings. The molecule has 0 amide bonds. The van der Waals surface area contributed by atoms with Crippen LogP contribution in [0.1, 0.15) is 12.5 Å². The molecule has 1 atom stereocenters. The Morgan fingerprint density at radius 2 is 1.84 bits per heavy atom. The molecule has 3 heterocycles. The van der Waals surface area contributed by atoms with E-state index in [0.29, 0.717) is 40.5 Å². The van der Waals surface area contributed by atoms with Crippen molar-refractivity contribution in [1.82, 2.24) is 10.2 Å². The van der Waals surface area contributed by atoms with E-state index in [2.05, 4.69) is 16.8 Å². The molecule has 2 aromatic heterocycles. The van der Waals surface area contributed by atoms with Crippen LogP contribution in [0, 0.1) is 0 Å². The summed E-state index contributed by atoms with van der Waals surface area (Å²) in [6.45, 7) is 5.98. The third kappa shape index (κ3) is 2.83. The average Bonchev–Trinajstić information content (AvgIpc) is 3.40. The number of nitrogens with zero attached hydrogens (tertiary/aromatic N) is 2. The largest absolute Gasteiger partial charge is 0.496 e. The van der Waals surface area contributed by atoms with Gasteiger partial charge in [-0.15, -0.1) is 10.2 Å². The molecule has 0 saturated heterocycles. The van der Waals surface area contributed by atoms with Gasteiger partial charge in [0, 0.05) is 29.0 Å². The molecule has 0 fully saturated rings. The van der Waals surface area contributed by atoms with Crippen molar-refractivity contribution in [3.05, 3.63) is 42.0 Å². The zero-order valence-electron chi connectivity index (χ0n) is 18.3. The van der Waals surface area contributed by atoms with Crippen LogP contribution >= 0.6 is 0 Å². The minimum Gasteiger partial charge on any atom is -0.496 e. The summed E-state index contributed by atoms with van der Waals surface area (Å²) >= 11 is 0. The first-order valence-corrected chi connectivity index (χ1v) is 10.1. The van der Waals surface area contributed by atoms with Crippen molar-refractivity contribution < 1.29 is 23.4 Å². The molecular formula is C24H23N3O5. The summed E-state index contributed by atoms with van der Waals surface area (Å²) in [5.74, 6) is 2.78. The van der Waals surface area contributed by atoms with Gasteiger partial charge in [-0.1, -0.05) is 6.58 Å². The number of nitrogens with two attached hydrogens (primary N) is 1. The average molecular weight is 433 g/mol. The zero-order valence-corrected chi connectivity index (χ0v) is 18.3. The molecule has 1 aliphatic heterocycles. The van der Waals surface area contributed by atoms with Crippen LogP contribution in [0.5, 0.6) is 23.0 Å². The highest BCUT2D eigenvalue weighted by atomic mass is 16.5. The molecule has 2 aromatic carbocycles. The molecule has 8 heteroatoms. The Balaban J connectivity index is 1.80. The van der Waals surface area contributed by atoms with Crippen molar-refractivity contribution >= 4 is 27.8 Å². The van der Waals surface area contributed by atoms with Gasteiger partial charge in [0.25, 0.3) is 0 Å². The lowest BCUT2D eigenvalue weighted by molar-refractivity contribution is 0.271. The highest BCUT2D eigenvalue weighted by molar-refractivity contribution is 6.14. The SMILES string of the molecule is C=C(C)[C@H]1Cc2c(ccc(-c3nnc(N)c4oc5cc(OC)c(OC)cc5c34)c2OC)O1. The third-order valence-electron chi connectivity index (χ3n) is 5.81. The molecule has 8 nitrogen and oxygen atoms in total. The zero-order chi connectivity index (χ0) is 22.6. The molecule has 5 rings (SSSR count). The summed E-state index contributed by atoms with van der Waals surface area (Å²) < 4.78 is 28.8. The Morgan fingerprint density at radius 1 is 1.09 bits per heavy atom. The Morgan fingerprint density at radius 3 is 2.53 bits per heavy atom. The fourth-order valence-corrected chi connectivity index (χ4v) is 4.21. The quantitative estimate of drug-likeness (QED) is 0.458. The maximum Gasteiger partial charge on any atom is 0.189 e. The number of benzene rings is 2. The number of aromatic nitrogens is 2. The first-order chi connectivity index (χ1) is 15.5. The van der Waals surface area contributed by atoms with Gasteiger partial charge in [0.15, 0.2) is 22.9 Å².